The monoisotopic (exact) mass is 368 g/mol. The van der Waals surface area contributed by atoms with Gasteiger partial charge in [-0.2, -0.15) is 0 Å². The molecule has 78 valence electrons. The Morgan fingerprint density at radius 2 is 2.07 bits per heavy atom. The summed E-state index contributed by atoms with van der Waals surface area (Å²) < 4.78 is 4.62. The van der Waals surface area contributed by atoms with Crippen molar-refractivity contribution >= 4 is 5.97 Å². The molecule has 0 aliphatic heterocycles. The molecule has 0 saturated carbocycles. The number of carbonyl (C=O) groups is 1. The molecule has 0 saturated heterocycles. The standard InChI is InChI=1S/C11H13O2.HI.Zn/c1-3-9-5-4-6-10(7-9)8-11(12)13-2;;/h4-7H,1,3,8H2,2H3;1H;/q;;+1/p-1. The fourth-order valence-electron chi connectivity index (χ4n) is 1.34. The van der Waals surface area contributed by atoms with E-state index in [1.165, 1.54) is 36.0 Å². The summed E-state index contributed by atoms with van der Waals surface area (Å²) in [6.07, 6.45) is 1.50. The van der Waals surface area contributed by atoms with Crippen LogP contribution in [-0.2, 0) is 40.7 Å². The number of esters is 1. The third-order valence-corrected chi connectivity index (χ3v) is 2.77. The first-order chi connectivity index (χ1) is 6.76. The maximum atomic E-state index is 11.0. The fraction of sp³-hybridized carbons (Fsp3) is 0.364. The molecule has 2 nitrogen and oxygen atoms in total. The molecule has 1 aromatic carbocycles. The predicted molar refractivity (Wildman–Crippen MR) is 50.7 cm³/mol. The van der Waals surface area contributed by atoms with Gasteiger partial charge in [0.05, 0.1) is 0 Å². The maximum absolute atomic E-state index is 11.0. The number of halogens is 1. The molecule has 0 atom stereocenters. The van der Waals surface area contributed by atoms with Crippen LogP contribution in [0.1, 0.15) is 11.1 Å². The molecule has 15 heavy (non-hydrogen) atoms. The van der Waals surface area contributed by atoms with E-state index in [9.17, 15) is 4.79 Å². The average Bonchev–Trinajstić information content (AvgIpc) is 2.19. The summed E-state index contributed by atoms with van der Waals surface area (Å²) in [5.74, 6) is -0.174. The molecule has 0 amide bonds. The zero-order valence-electron chi connectivity index (χ0n) is 8.83. The molecule has 0 aliphatic rings. The first-order valence-electron chi connectivity index (χ1n) is 4.70. The SMILES string of the molecule is COC(=O)Cc1cccc(C[CH2][Zn+])c1.[I-]. The van der Waals surface area contributed by atoms with Gasteiger partial charge in [0, 0.05) is 0 Å². The molecule has 0 unspecified atom stereocenters. The van der Waals surface area contributed by atoms with Crippen LogP contribution in [0.2, 0.25) is 5.02 Å². The molecule has 4 heteroatoms. The van der Waals surface area contributed by atoms with Gasteiger partial charge in [-0.25, -0.2) is 0 Å². The largest absolute Gasteiger partial charge is 1.00 e. The van der Waals surface area contributed by atoms with Crippen molar-refractivity contribution in [3.8, 4) is 0 Å². The molecule has 0 aliphatic carbocycles. The Bertz CT molecular complexity index is 315. The molecule has 0 heterocycles. The second kappa shape index (κ2) is 8.23. The second-order valence-corrected chi connectivity index (χ2v) is 4.66. The molecule has 0 fully saturated rings. The average molecular weight is 370 g/mol. The Hall–Kier alpha value is 0.0434. The quantitative estimate of drug-likeness (QED) is 0.383. The zero-order valence-corrected chi connectivity index (χ0v) is 14.0. The third kappa shape index (κ3) is 5.62. The van der Waals surface area contributed by atoms with Crippen molar-refractivity contribution in [2.75, 3.05) is 7.11 Å². The summed E-state index contributed by atoms with van der Waals surface area (Å²) in [6, 6.07) is 8.17. The summed E-state index contributed by atoms with van der Waals surface area (Å²) in [6.45, 7) is 0. The summed E-state index contributed by atoms with van der Waals surface area (Å²) in [7, 11) is 1.42. The van der Waals surface area contributed by atoms with Gasteiger partial charge in [0.2, 0.25) is 0 Å². The van der Waals surface area contributed by atoms with Crippen LogP contribution < -0.4 is 24.0 Å². The van der Waals surface area contributed by atoms with E-state index in [2.05, 4.69) is 16.9 Å². The van der Waals surface area contributed by atoms with Gasteiger partial charge in [-0.1, -0.05) is 0 Å². The molecule has 1 aromatic rings. The van der Waals surface area contributed by atoms with Crippen molar-refractivity contribution in [1.29, 1.82) is 0 Å². The van der Waals surface area contributed by atoms with E-state index in [1.54, 1.807) is 0 Å². The molecular weight excluding hydrogens is 356 g/mol. The van der Waals surface area contributed by atoms with Gasteiger partial charge in [0.1, 0.15) is 0 Å². The molecule has 0 spiro atoms. The molecular formula is C11H13IO2Zn. The number of ether oxygens (including phenoxy) is 1. The third-order valence-electron chi connectivity index (χ3n) is 2.03. The van der Waals surface area contributed by atoms with Crippen LogP contribution in [0.3, 0.4) is 0 Å². The Kier molecular flexibility index (Phi) is 8.25. The van der Waals surface area contributed by atoms with Gasteiger partial charge in [-0.15, -0.1) is 0 Å². The smallest absolute Gasteiger partial charge is 1.00 e. The van der Waals surface area contributed by atoms with Crippen LogP contribution in [0, 0.1) is 0 Å². The first-order valence-corrected chi connectivity index (χ1v) is 6.80. The van der Waals surface area contributed by atoms with Gasteiger partial charge in [0.15, 0.2) is 0 Å². The van der Waals surface area contributed by atoms with Gasteiger partial charge in [-0.05, 0) is 0 Å². The molecule has 0 N–H and O–H groups in total. The van der Waals surface area contributed by atoms with Gasteiger partial charge >= 0.3 is 94.2 Å². The van der Waals surface area contributed by atoms with E-state index < -0.39 is 0 Å². The van der Waals surface area contributed by atoms with Crippen LogP contribution in [0.25, 0.3) is 0 Å². The van der Waals surface area contributed by atoms with Crippen molar-refractivity contribution in [2.45, 2.75) is 17.9 Å². The van der Waals surface area contributed by atoms with Crippen LogP contribution in [-0.4, -0.2) is 13.1 Å². The van der Waals surface area contributed by atoms with Gasteiger partial charge in [0.25, 0.3) is 0 Å². The fourth-order valence-corrected chi connectivity index (χ4v) is 2.19. The number of aryl methyl sites for hydroxylation is 1. The summed E-state index contributed by atoms with van der Waals surface area (Å²) in [5.41, 5.74) is 2.36. The van der Waals surface area contributed by atoms with E-state index in [0.29, 0.717) is 6.42 Å². The van der Waals surface area contributed by atoms with E-state index in [4.69, 9.17) is 0 Å². The Labute approximate surface area is 117 Å². The number of carbonyl (C=O) groups excluding carboxylic acids is 1. The number of rotatable bonds is 4. The minimum atomic E-state index is -0.174. The second-order valence-electron chi connectivity index (χ2n) is 3.18. The number of benzene rings is 1. The van der Waals surface area contributed by atoms with Crippen molar-refractivity contribution in [3.05, 3.63) is 35.4 Å². The van der Waals surface area contributed by atoms with Crippen molar-refractivity contribution in [2.24, 2.45) is 0 Å². The predicted octanol–water partition coefficient (Wildman–Crippen LogP) is -1.09. The maximum Gasteiger partial charge on any atom is -1.00 e. The Morgan fingerprint density at radius 1 is 1.40 bits per heavy atom. The number of hydrogen-bond acceptors (Lipinski definition) is 2. The van der Waals surface area contributed by atoms with Crippen LogP contribution in [0.5, 0.6) is 0 Å². The van der Waals surface area contributed by atoms with Crippen molar-refractivity contribution in [1.82, 2.24) is 0 Å². The van der Waals surface area contributed by atoms with Crippen molar-refractivity contribution in [3.63, 3.8) is 0 Å². The minimum Gasteiger partial charge on any atom is -1.00 e. The summed E-state index contributed by atoms with van der Waals surface area (Å²) >= 11 is 1.32. The summed E-state index contributed by atoms with van der Waals surface area (Å²) in [4.78, 5) is 11.0. The molecule has 1 rings (SSSR count). The topological polar surface area (TPSA) is 26.3 Å². The van der Waals surface area contributed by atoms with Crippen molar-refractivity contribution < 1.29 is 51.8 Å². The van der Waals surface area contributed by atoms with E-state index in [0.717, 1.165) is 12.0 Å². The van der Waals surface area contributed by atoms with E-state index in [1.807, 2.05) is 12.1 Å². The number of hydrogen-bond donors (Lipinski definition) is 0. The Balaban J connectivity index is 0.00000196. The zero-order chi connectivity index (χ0) is 10.4. The molecule has 0 aromatic heterocycles. The van der Waals surface area contributed by atoms with Gasteiger partial charge < -0.3 is 24.0 Å². The molecule has 0 radical (unpaired) electrons. The van der Waals surface area contributed by atoms with Crippen LogP contribution >= 0.6 is 0 Å². The van der Waals surface area contributed by atoms with Gasteiger partial charge in [-0.3, -0.25) is 0 Å². The minimum absolute atomic E-state index is 0. The van der Waals surface area contributed by atoms with E-state index in [-0.39, 0.29) is 29.9 Å². The molecule has 0 bridgehead atoms. The first kappa shape index (κ1) is 15.0. The van der Waals surface area contributed by atoms with Crippen LogP contribution in [0.15, 0.2) is 24.3 Å². The van der Waals surface area contributed by atoms with E-state index >= 15 is 0 Å². The normalized spacial score (nSPS) is 9.27. The Morgan fingerprint density at radius 3 is 2.67 bits per heavy atom. The van der Waals surface area contributed by atoms with Crippen LogP contribution in [0.4, 0.5) is 0 Å². The summed E-state index contributed by atoms with van der Waals surface area (Å²) in [5, 5.41) is 1.25. The number of methoxy groups -OCH3 is 1.